The number of fused-ring (bicyclic) bond motifs is 1. The SMILES string of the molecule is O=Cc1scc2ocnc12. The van der Waals surface area contributed by atoms with Gasteiger partial charge < -0.3 is 4.42 Å². The maximum Gasteiger partial charge on any atom is 0.182 e. The molecule has 2 heterocycles. The average Bonchev–Trinajstić information content (AvgIpc) is 2.44. The van der Waals surface area contributed by atoms with Crippen LogP contribution in [-0.4, -0.2) is 11.3 Å². The standard InChI is InChI=1S/C6H3NO2S/c8-1-5-6-4(2-10-5)9-3-7-6/h1-3H. The molecule has 0 amide bonds. The lowest BCUT2D eigenvalue weighted by Crippen LogP contribution is -1.70. The van der Waals surface area contributed by atoms with Crippen molar-refractivity contribution >= 4 is 28.7 Å². The molecule has 10 heavy (non-hydrogen) atoms. The third-order valence-electron chi connectivity index (χ3n) is 1.23. The summed E-state index contributed by atoms with van der Waals surface area (Å²) in [6, 6.07) is 0. The largest absolute Gasteiger partial charge is 0.443 e. The Hall–Kier alpha value is -1.16. The number of thiophene rings is 1. The number of carbonyl (C=O) groups excluding carboxylic acids is 1. The number of hydrogen-bond acceptors (Lipinski definition) is 4. The molecule has 2 aromatic heterocycles. The van der Waals surface area contributed by atoms with E-state index in [9.17, 15) is 4.79 Å². The van der Waals surface area contributed by atoms with Crippen LogP contribution in [0.5, 0.6) is 0 Å². The summed E-state index contributed by atoms with van der Waals surface area (Å²) in [4.78, 5) is 14.8. The number of oxazole rings is 1. The van der Waals surface area contributed by atoms with Crippen LogP contribution >= 0.6 is 11.3 Å². The van der Waals surface area contributed by atoms with Crippen LogP contribution in [0.2, 0.25) is 0 Å². The monoisotopic (exact) mass is 153 g/mol. The first kappa shape index (κ1) is 5.61. The highest BCUT2D eigenvalue weighted by Gasteiger charge is 2.05. The van der Waals surface area contributed by atoms with Crippen LogP contribution in [0, 0.1) is 0 Å². The molecule has 50 valence electrons. The van der Waals surface area contributed by atoms with Gasteiger partial charge in [-0.25, -0.2) is 4.98 Å². The fraction of sp³-hybridized carbons (Fsp3) is 0. The van der Waals surface area contributed by atoms with Gasteiger partial charge in [0.25, 0.3) is 0 Å². The predicted molar refractivity (Wildman–Crippen MR) is 37.3 cm³/mol. The molecular formula is C6H3NO2S. The fourth-order valence-electron chi connectivity index (χ4n) is 0.780. The maximum atomic E-state index is 10.3. The van der Waals surface area contributed by atoms with Gasteiger partial charge in [-0.1, -0.05) is 0 Å². The van der Waals surface area contributed by atoms with Crippen LogP contribution in [0.1, 0.15) is 9.67 Å². The van der Waals surface area contributed by atoms with Crippen LogP contribution in [0.25, 0.3) is 11.1 Å². The Morgan fingerprint density at radius 1 is 1.70 bits per heavy atom. The molecule has 0 unspecified atom stereocenters. The Balaban J connectivity index is 2.88. The Kier molecular flexibility index (Phi) is 1.07. The molecule has 0 radical (unpaired) electrons. The van der Waals surface area contributed by atoms with E-state index in [0.717, 1.165) is 6.29 Å². The molecule has 3 nitrogen and oxygen atoms in total. The van der Waals surface area contributed by atoms with E-state index in [1.807, 2.05) is 0 Å². The highest BCUT2D eigenvalue weighted by molar-refractivity contribution is 7.13. The molecule has 0 aliphatic heterocycles. The van der Waals surface area contributed by atoms with E-state index in [2.05, 4.69) is 4.98 Å². The minimum Gasteiger partial charge on any atom is -0.443 e. The van der Waals surface area contributed by atoms with Crippen molar-refractivity contribution in [3.8, 4) is 0 Å². The molecular weight excluding hydrogens is 150 g/mol. The fourth-order valence-corrected chi connectivity index (χ4v) is 1.50. The molecule has 0 N–H and O–H groups in total. The summed E-state index contributed by atoms with van der Waals surface area (Å²) in [6.07, 6.45) is 2.12. The molecule has 0 spiro atoms. The molecule has 0 saturated heterocycles. The molecule has 4 heteroatoms. The number of hydrogen-bond donors (Lipinski definition) is 0. The van der Waals surface area contributed by atoms with E-state index >= 15 is 0 Å². The number of aromatic nitrogens is 1. The van der Waals surface area contributed by atoms with Gasteiger partial charge in [0.1, 0.15) is 5.52 Å². The zero-order valence-corrected chi connectivity index (χ0v) is 5.72. The topological polar surface area (TPSA) is 43.1 Å². The first-order valence-electron chi connectivity index (χ1n) is 2.67. The smallest absolute Gasteiger partial charge is 0.182 e. The van der Waals surface area contributed by atoms with E-state index in [-0.39, 0.29) is 0 Å². The molecule has 0 aliphatic carbocycles. The Labute approximate surface area is 60.3 Å². The summed E-state index contributed by atoms with van der Waals surface area (Å²) < 4.78 is 4.94. The van der Waals surface area contributed by atoms with Gasteiger partial charge in [0, 0.05) is 5.38 Å². The van der Waals surface area contributed by atoms with Crippen molar-refractivity contribution in [1.29, 1.82) is 0 Å². The normalized spacial score (nSPS) is 10.4. The van der Waals surface area contributed by atoms with E-state index in [1.54, 1.807) is 5.38 Å². The van der Waals surface area contributed by atoms with Gasteiger partial charge in [0.15, 0.2) is 18.3 Å². The summed E-state index contributed by atoms with van der Waals surface area (Å²) in [5.41, 5.74) is 1.35. The van der Waals surface area contributed by atoms with Gasteiger partial charge in [-0.05, 0) is 0 Å². The van der Waals surface area contributed by atoms with E-state index in [1.165, 1.54) is 17.7 Å². The molecule has 0 atom stereocenters. The van der Waals surface area contributed by atoms with E-state index in [4.69, 9.17) is 4.42 Å². The van der Waals surface area contributed by atoms with Gasteiger partial charge in [-0.2, -0.15) is 0 Å². The van der Waals surface area contributed by atoms with Crippen molar-refractivity contribution in [2.75, 3.05) is 0 Å². The lowest BCUT2D eigenvalue weighted by molar-refractivity contribution is 0.112. The van der Waals surface area contributed by atoms with Gasteiger partial charge in [0.2, 0.25) is 0 Å². The second-order valence-electron chi connectivity index (χ2n) is 1.78. The number of aldehydes is 1. The minimum atomic E-state index is 0.628. The van der Waals surface area contributed by atoms with Gasteiger partial charge >= 0.3 is 0 Å². The third kappa shape index (κ3) is 0.593. The Bertz CT molecular complexity index is 362. The zero-order valence-electron chi connectivity index (χ0n) is 4.90. The second kappa shape index (κ2) is 1.91. The van der Waals surface area contributed by atoms with Gasteiger partial charge in [-0.15, -0.1) is 11.3 Å². The van der Waals surface area contributed by atoms with Gasteiger partial charge in [0.05, 0.1) is 4.88 Å². The molecule has 0 fully saturated rings. The minimum absolute atomic E-state index is 0.628. The number of nitrogens with zero attached hydrogens (tertiary/aromatic N) is 1. The molecule has 2 aromatic rings. The van der Waals surface area contributed by atoms with Crippen LogP contribution < -0.4 is 0 Å². The van der Waals surface area contributed by atoms with Gasteiger partial charge in [-0.3, -0.25) is 4.79 Å². The summed E-state index contributed by atoms with van der Waals surface area (Å²) in [5, 5.41) is 1.77. The molecule has 2 rings (SSSR count). The molecule has 0 aliphatic rings. The summed E-state index contributed by atoms with van der Waals surface area (Å²) in [7, 11) is 0. The van der Waals surface area contributed by atoms with E-state index in [0.29, 0.717) is 16.0 Å². The van der Waals surface area contributed by atoms with Crippen molar-refractivity contribution < 1.29 is 9.21 Å². The second-order valence-corrected chi connectivity index (χ2v) is 2.69. The van der Waals surface area contributed by atoms with Crippen molar-refractivity contribution in [3.05, 3.63) is 16.7 Å². The highest BCUT2D eigenvalue weighted by Crippen LogP contribution is 2.21. The number of rotatable bonds is 1. The van der Waals surface area contributed by atoms with Crippen molar-refractivity contribution in [2.24, 2.45) is 0 Å². The Morgan fingerprint density at radius 3 is 3.40 bits per heavy atom. The highest BCUT2D eigenvalue weighted by atomic mass is 32.1. The van der Waals surface area contributed by atoms with Crippen molar-refractivity contribution in [2.45, 2.75) is 0 Å². The first-order valence-corrected chi connectivity index (χ1v) is 3.55. The predicted octanol–water partition coefficient (Wildman–Crippen LogP) is 1.70. The third-order valence-corrected chi connectivity index (χ3v) is 2.10. The van der Waals surface area contributed by atoms with Crippen LogP contribution in [0.4, 0.5) is 0 Å². The quantitative estimate of drug-likeness (QED) is 0.585. The molecule has 0 saturated carbocycles. The van der Waals surface area contributed by atoms with Crippen LogP contribution in [0.3, 0.4) is 0 Å². The molecule has 0 aromatic carbocycles. The van der Waals surface area contributed by atoms with Crippen molar-refractivity contribution in [3.63, 3.8) is 0 Å². The Morgan fingerprint density at radius 2 is 2.60 bits per heavy atom. The summed E-state index contributed by atoms with van der Waals surface area (Å²) in [5.74, 6) is 0. The lowest BCUT2D eigenvalue weighted by atomic mass is 10.4. The van der Waals surface area contributed by atoms with Crippen LogP contribution in [-0.2, 0) is 0 Å². The number of carbonyl (C=O) groups is 1. The lowest BCUT2D eigenvalue weighted by Gasteiger charge is -1.72. The van der Waals surface area contributed by atoms with Crippen LogP contribution in [0.15, 0.2) is 16.2 Å². The maximum absolute atomic E-state index is 10.3. The summed E-state index contributed by atoms with van der Waals surface area (Å²) in [6.45, 7) is 0. The zero-order chi connectivity index (χ0) is 6.97. The van der Waals surface area contributed by atoms with Crippen molar-refractivity contribution in [1.82, 2.24) is 4.98 Å². The summed E-state index contributed by atoms with van der Waals surface area (Å²) >= 11 is 1.35. The average molecular weight is 153 g/mol. The molecule has 0 bridgehead atoms. The van der Waals surface area contributed by atoms with E-state index < -0.39 is 0 Å². The first-order chi connectivity index (χ1) is 4.92.